The van der Waals surface area contributed by atoms with E-state index >= 15 is 0 Å². The summed E-state index contributed by atoms with van der Waals surface area (Å²) in [4.78, 5) is 8.70. The Kier molecular flexibility index (Phi) is 9.58. The number of benzene rings is 7. The van der Waals surface area contributed by atoms with E-state index in [0.717, 1.165) is 76.0 Å². The molecule has 282 valence electrons. The van der Waals surface area contributed by atoms with Crippen LogP contribution in [0.5, 0.6) is 23.0 Å². The molecule has 0 unspecified atom stereocenters. The number of rotatable bonds is 8. The van der Waals surface area contributed by atoms with Crippen molar-refractivity contribution in [2.24, 2.45) is 0 Å². The van der Waals surface area contributed by atoms with E-state index in [1.807, 2.05) is 72.8 Å². The van der Waals surface area contributed by atoms with Crippen LogP contribution in [-0.2, 0) is 0 Å². The van der Waals surface area contributed by atoms with E-state index in [1.54, 1.807) is 52.0 Å². The standard InChI is InChI=1S/C48H34N4O4S2/c1-53-33-11-15-45-41(21-33)51(42-22-34(54-2)12-16-46(42)57-45)39-26-40(52-43-23-35(55-3)13-17-47(43)58-48-18-14-36(56-4)24-44(48)52)38(32-10-6-8-30(20-32)28-50)25-37(39)31-9-5-7-29(19-31)27-49/h5-26H,1-4H3. The molecule has 9 rings (SSSR count). The summed E-state index contributed by atoms with van der Waals surface area (Å²) < 4.78 is 23.3. The maximum atomic E-state index is 10.1. The fourth-order valence-electron chi connectivity index (χ4n) is 7.48. The van der Waals surface area contributed by atoms with Gasteiger partial charge in [0.1, 0.15) is 23.0 Å². The smallest absolute Gasteiger partial charge is 0.121 e. The van der Waals surface area contributed by atoms with E-state index in [2.05, 4.69) is 82.6 Å². The van der Waals surface area contributed by atoms with Crippen LogP contribution in [0.1, 0.15) is 11.1 Å². The highest BCUT2D eigenvalue weighted by Crippen LogP contribution is 2.59. The zero-order valence-electron chi connectivity index (χ0n) is 31.9. The Labute approximate surface area is 345 Å². The second-order valence-corrected chi connectivity index (χ2v) is 15.6. The van der Waals surface area contributed by atoms with Gasteiger partial charge >= 0.3 is 0 Å². The number of ether oxygens (including phenoxy) is 4. The molecule has 2 heterocycles. The van der Waals surface area contributed by atoms with Gasteiger partial charge in [-0.3, -0.25) is 0 Å². The molecular weight excluding hydrogens is 761 g/mol. The fourth-order valence-corrected chi connectivity index (χ4v) is 9.52. The van der Waals surface area contributed by atoms with Gasteiger partial charge < -0.3 is 28.7 Å². The highest BCUT2D eigenvalue weighted by molar-refractivity contribution is 8.00. The van der Waals surface area contributed by atoms with E-state index < -0.39 is 0 Å². The summed E-state index contributed by atoms with van der Waals surface area (Å²) >= 11 is 3.37. The van der Waals surface area contributed by atoms with Crippen molar-refractivity contribution in [3.63, 3.8) is 0 Å². The molecule has 0 N–H and O–H groups in total. The number of fused-ring (bicyclic) bond motifs is 4. The molecule has 0 aliphatic carbocycles. The average molecular weight is 795 g/mol. The van der Waals surface area contributed by atoms with E-state index in [9.17, 15) is 10.5 Å². The Morgan fingerprint density at radius 2 is 0.741 bits per heavy atom. The van der Waals surface area contributed by atoms with Crippen LogP contribution in [0, 0.1) is 22.7 Å². The van der Waals surface area contributed by atoms with Crippen LogP contribution in [0.25, 0.3) is 22.3 Å². The minimum Gasteiger partial charge on any atom is -0.497 e. The first kappa shape index (κ1) is 36.6. The lowest BCUT2D eigenvalue weighted by Crippen LogP contribution is -2.19. The van der Waals surface area contributed by atoms with Crippen LogP contribution in [0.2, 0.25) is 0 Å². The summed E-state index contributed by atoms with van der Waals surface area (Å²) in [5.41, 5.74) is 9.90. The lowest BCUT2D eigenvalue weighted by atomic mass is 9.92. The van der Waals surface area contributed by atoms with Gasteiger partial charge in [0.2, 0.25) is 0 Å². The molecule has 0 saturated heterocycles. The number of methoxy groups -OCH3 is 4. The summed E-state index contributed by atoms with van der Waals surface area (Å²) in [5.74, 6) is 2.85. The molecule has 2 aliphatic heterocycles. The van der Waals surface area contributed by atoms with E-state index in [-0.39, 0.29) is 0 Å². The number of hydrogen-bond acceptors (Lipinski definition) is 10. The van der Waals surface area contributed by atoms with Crippen LogP contribution < -0.4 is 28.7 Å². The number of nitrogens with zero attached hydrogens (tertiary/aromatic N) is 4. The Morgan fingerprint density at radius 1 is 0.397 bits per heavy atom. The molecule has 0 bridgehead atoms. The molecule has 2 aliphatic rings. The Balaban J connectivity index is 1.45. The minimum atomic E-state index is 0.536. The minimum absolute atomic E-state index is 0.536. The average Bonchev–Trinajstić information content (AvgIpc) is 3.28. The Hall–Kier alpha value is -6.98. The van der Waals surface area contributed by atoms with Gasteiger partial charge in [0, 0.05) is 55.0 Å². The van der Waals surface area contributed by atoms with Crippen molar-refractivity contribution in [2.45, 2.75) is 19.6 Å². The number of nitriles is 2. The first-order valence-electron chi connectivity index (χ1n) is 18.3. The van der Waals surface area contributed by atoms with E-state index in [4.69, 9.17) is 18.9 Å². The second kappa shape index (κ2) is 15.2. The maximum Gasteiger partial charge on any atom is 0.121 e. The van der Waals surface area contributed by atoms with Crippen molar-refractivity contribution in [2.75, 3.05) is 38.2 Å². The molecule has 10 heteroatoms. The molecule has 7 aromatic rings. The van der Waals surface area contributed by atoms with Crippen LogP contribution in [0.4, 0.5) is 34.1 Å². The van der Waals surface area contributed by atoms with Gasteiger partial charge in [0.25, 0.3) is 0 Å². The third-order valence-electron chi connectivity index (χ3n) is 10.3. The van der Waals surface area contributed by atoms with Crippen molar-refractivity contribution < 1.29 is 18.9 Å². The molecular formula is C48H34N4O4S2. The Morgan fingerprint density at radius 3 is 1.05 bits per heavy atom. The number of anilines is 6. The second-order valence-electron chi connectivity index (χ2n) is 13.5. The normalized spacial score (nSPS) is 12.2. The third kappa shape index (κ3) is 6.39. The predicted molar refractivity (Wildman–Crippen MR) is 231 cm³/mol. The van der Waals surface area contributed by atoms with Gasteiger partial charge in [-0.05, 0) is 96.1 Å². The molecule has 0 spiro atoms. The summed E-state index contributed by atoms with van der Waals surface area (Å²) in [7, 11) is 6.69. The highest BCUT2D eigenvalue weighted by Gasteiger charge is 2.33. The molecule has 0 amide bonds. The molecule has 0 atom stereocenters. The van der Waals surface area contributed by atoms with Crippen LogP contribution >= 0.6 is 23.5 Å². The van der Waals surface area contributed by atoms with E-state index in [1.165, 1.54) is 0 Å². The van der Waals surface area contributed by atoms with Gasteiger partial charge in [-0.15, -0.1) is 0 Å². The zero-order chi connectivity index (χ0) is 39.9. The lowest BCUT2D eigenvalue weighted by Gasteiger charge is -2.38. The summed E-state index contributed by atoms with van der Waals surface area (Å²) in [6.45, 7) is 0. The maximum absolute atomic E-state index is 10.1. The van der Waals surface area contributed by atoms with Gasteiger partial charge in [-0.1, -0.05) is 47.8 Å². The first-order chi connectivity index (χ1) is 28.4. The topological polar surface area (TPSA) is 91.0 Å². The van der Waals surface area contributed by atoms with Crippen molar-refractivity contribution >= 4 is 57.6 Å². The van der Waals surface area contributed by atoms with Gasteiger partial charge in [0.15, 0.2) is 0 Å². The fraction of sp³-hybridized carbons (Fsp3) is 0.0833. The summed E-state index contributed by atoms with van der Waals surface area (Å²) in [6, 6.07) is 48.9. The quantitative estimate of drug-likeness (QED) is 0.148. The van der Waals surface area contributed by atoms with Gasteiger partial charge in [-0.2, -0.15) is 10.5 Å². The molecule has 8 nitrogen and oxygen atoms in total. The van der Waals surface area contributed by atoms with Crippen molar-refractivity contribution in [1.29, 1.82) is 10.5 Å². The van der Waals surface area contributed by atoms with Crippen molar-refractivity contribution in [1.82, 2.24) is 0 Å². The third-order valence-corrected chi connectivity index (χ3v) is 12.5. The van der Waals surface area contributed by atoms with Crippen molar-refractivity contribution in [3.8, 4) is 57.4 Å². The van der Waals surface area contributed by atoms with Gasteiger partial charge in [-0.25, -0.2) is 0 Å². The SMILES string of the molecule is COc1ccc2c(c1)N(c1cc(N3c4cc(OC)ccc4Sc4ccc(OC)cc43)c(-c3cccc(C#N)c3)cc1-c1cccc(C#N)c1)c1cc(OC)ccc1S2. The highest BCUT2D eigenvalue weighted by atomic mass is 32.2. The molecule has 0 saturated carbocycles. The first-order valence-corrected chi connectivity index (χ1v) is 19.9. The van der Waals surface area contributed by atoms with Crippen LogP contribution in [0.15, 0.2) is 153 Å². The van der Waals surface area contributed by atoms with Crippen molar-refractivity contribution in [3.05, 3.63) is 145 Å². The molecule has 0 aromatic heterocycles. The molecule has 7 aromatic carbocycles. The number of hydrogen-bond donors (Lipinski definition) is 0. The largest absolute Gasteiger partial charge is 0.497 e. The zero-order valence-corrected chi connectivity index (χ0v) is 33.6. The molecule has 0 fully saturated rings. The van der Waals surface area contributed by atoms with E-state index in [0.29, 0.717) is 34.1 Å². The summed E-state index contributed by atoms with van der Waals surface area (Å²) in [5, 5.41) is 20.3. The monoisotopic (exact) mass is 794 g/mol. The predicted octanol–water partition coefficient (Wildman–Crippen LogP) is 12.7. The Bertz CT molecular complexity index is 2570. The van der Waals surface area contributed by atoms with Crippen LogP contribution in [0.3, 0.4) is 0 Å². The molecule has 58 heavy (non-hydrogen) atoms. The van der Waals surface area contributed by atoms with Gasteiger partial charge in [0.05, 0.1) is 85.8 Å². The summed E-state index contributed by atoms with van der Waals surface area (Å²) in [6.07, 6.45) is 0. The molecule has 0 radical (unpaired) electrons. The van der Waals surface area contributed by atoms with Crippen LogP contribution in [-0.4, -0.2) is 28.4 Å². The lowest BCUT2D eigenvalue weighted by molar-refractivity contribution is 0.414.